The summed E-state index contributed by atoms with van der Waals surface area (Å²) in [7, 11) is 0. The van der Waals surface area contributed by atoms with Gasteiger partial charge >= 0.3 is 0 Å². The Morgan fingerprint density at radius 1 is 0.373 bits per heavy atom. The van der Waals surface area contributed by atoms with Crippen LogP contribution in [-0.2, 0) is 10.8 Å². The van der Waals surface area contributed by atoms with Crippen LogP contribution in [0.25, 0.3) is 55.6 Å². The highest BCUT2D eigenvalue weighted by molar-refractivity contribution is 6.14. The Balaban J connectivity index is 1.08. The van der Waals surface area contributed by atoms with Crippen LogP contribution in [0.4, 0.5) is 11.4 Å². The van der Waals surface area contributed by atoms with Crippen LogP contribution in [0.15, 0.2) is 157 Å². The standard InChI is InChI=1S/C49H38N2/c1-48(2)41-16-10-8-14-35(41)37-22-18-31(26-43(37)48)33-20-24-39-40-25-21-34(29-46(40)51-47(50-45(39)28-33)30-12-6-5-7-13-30)32-19-23-38-36-15-9-11-17-42(36)49(3,4)44(38)27-32/h5-29H,1-4H3,(H,50,51). The summed E-state index contributed by atoms with van der Waals surface area (Å²) in [6, 6.07) is 55.7. The fraction of sp³-hybridized carbons (Fsp3) is 0.122. The average Bonchev–Trinajstić information content (AvgIpc) is 3.44. The molecule has 3 aliphatic rings. The Morgan fingerprint density at radius 3 is 1.41 bits per heavy atom. The molecule has 2 aliphatic carbocycles. The summed E-state index contributed by atoms with van der Waals surface area (Å²) in [5, 5.41) is 3.78. The summed E-state index contributed by atoms with van der Waals surface area (Å²) < 4.78 is 0. The number of benzene rings is 7. The van der Waals surface area contributed by atoms with Gasteiger partial charge in [-0.2, -0.15) is 0 Å². The van der Waals surface area contributed by atoms with Gasteiger partial charge in [-0.05, 0) is 91.0 Å². The van der Waals surface area contributed by atoms with Gasteiger partial charge in [0, 0.05) is 33.2 Å². The number of hydrogen-bond donors (Lipinski definition) is 1. The van der Waals surface area contributed by atoms with E-state index in [2.05, 4.69) is 185 Å². The van der Waals surface area contributed by atoms with Crippen LogP contribution >= 0.6 is 0 Å². The van der Waals surface area contributed by atoms with E-state index in [0.29, 0.717) is 0 Å². The minimum Gasteiger partial charge on any atom is -0.339 e. The molecule has 0 saturated carbocycles. The molecule has 2 heteroatoms. The van der Waals surface area contributed by atoms with Crippen LogP contribution in [0.1, 0.15) is 55.5 Å². The number of rotatable bonds is 3. The van der Waals surface area contributed by atoms with Crippen molar-refractivity contribution in [2.75, 3.05) is 5.32 Å². The van der Waals surface area contributed by atoms with Crippen LogP contribution in [0, 0.1) is 0 Å². The van der Waals surface area contributed by atoms with E-state index < -0.39 is 0 Å². The Morgan fingerprint density at radius 2 is 0.824 bits per heavy atom. The lowest BCUT2D eigenvalue weighted by Crippen LogP contribution is -2.15. The smallest absolute Gasteiger partial charge is 0.138 e. The molecule has 0 amide bonds. The van der Waals surface area contributed by atoms with Gasteiger partial charge < -0.3 is 5.32 Å². The van der Waals surface area contributed by atoms with E-state index in [9.17, 15) is 0 Å². The molecule has 10 rings (SSSR count). The van der Waals surface area contributed by atoms with E-state index in [0.717, 1.165) is 33.9 Å². The van der Waals surface area contributed by atoms with Crippen molar-refractivity contribution in [2.45, 2.75) is 38.5 Å². The molecular weight excluding hydrogens is 617 g/mol. The summed E-state index contributed by atoms with van der Waals surface area (Å²) in [4.78, 5) is 5.34. The summed E-state index contributed by atoms with van der Waals surface area (Å²) in [5.74, 6) is 0.848. The van der Waals surface area contributed by atoms with Gasteiger partial charge in [0.15, 0.2) is 0 Å². The minimum absolute atomic E-state index is 0.0474. The zero-order chi connectivity index (χ0) is 34.5. The Kier molecular flexibility index (Phi) is 6.30. The van der Waals surface area contributed by atoms with E-state index in [1.165, 1.54) is 66.8 Å². The van der Waals surface area contributed by atoms with Gasteiger partial charge in [0.05, 0.1) is 5.69 Å². The van der Waals surface area contributed by atoms with E-state index in [1.807, 2.05) is 0 Å². The third-order valence-electron chi connectivity index (χ3n) is 11.7. The Hall–Kier alpha value is -5.99. The van der Waals surface area contributed by atoms with E-state index in [1.54, 1.807) is 0 Å². The van der Waals surface area contributed by atoms with Gasteiger partial charge in [0.25, 0.3) is 0 Å². The van der Waals surface area contributed by atoms with Gasteiger partial charge in [-0.25, -0.2) is 4.99 Å². The summed E-state index contributed by atoms with van der Waals surface area (Å²) in [5.41, 5.74) is 21.0. The van der Waals surface area contributed by atoms with Crippen LogP contribution in [0.5, 0.6) is 0 Å². The molecule has 0 saturated heterocycles. The summed E-state index contributed by atoms with van der Waals surface area (Å²) >= 11 is 0. The number of aliphatic imine (C=N–C) groups is 1. The van der Waals surface area contributed by atoms with Crippen LogP contribution < -0.4 is 5.32 Å². The first-order valence-electron chi connectivity index (χ1n) is 18.0. The molecule has 7 aromatic carbocycles. The van der Waals surface area contributed by atoms with Crippen molar-refractivity contribution in [3.63, 3.8) is 0 Å². The van der Waals surface area contributed by atoms with Crippen molar-refractivity contribution in [3.05, 3.63) is 179 Å². The monoisotopic (exact) mass is 654 g/mol. The third kappa shape index (κ3) is 4.46. The molecule has 0 unspecified atom stereocenters. The molecule has 1 aliphatic heterocycles. The number of nitrogens with zero attached hydrogens (tertiary/aromatic N) is 1. The highest BCUT2D eigenvalue weighted by atomic mass is 15.0. The number of nitrogens with one attached hydrogen (secondary N) is 1. The fourth-order valence-corrected chi connectivity index (χ4v) is 8.87. The maximum absolute atomic E-state index is 5.34. The summed E-state index contributed by atoms with van der Waals surface area (Å²) in [6.45, 7) is 9.37. The molecule has 2 nitrogen and oxygen atoms in total. The maximum atomic E-state index is 5.34. The third-order valence-corrected chi connectivity index (χ3v) is 11.7. The van der Waals surface area contributed by atoms with Gasteiger partial charge in [0.1, 0.15) is 5.84 Å². The van der Waals surface area contributed by atoms with Gasteiger partial charge in [-0.3, -0.25) is 0 Å². The zero-order valence-corrected chi connectivity index (χ0v) is 29.4. The van der Waals surface area contributed by atoms with E-state index in [-0.39, 0.29) is 10.8 Å². The molecule has 0 bridgehead atoms. The molecule has 0 spiro atoms. The molecule has 1 heterocycles. The van der Waals surface area contributed by atoms with Crippen molar-refractivity contribution >= 4 is 17.2 Å². The van der Waals surface area contributed by atoms with Crippen molar-refractivity contribution in [1.82, 2.24) is 0 Å². The van der Waals surface area contributed by atoms with Crippen molar-refractivity contribution < 1.29 is 0 Å². The lowest BCUT2D eigenvalue weighted by molar-refractivity contribution is 0.660. The van der Waals surface area contributed by atoms with E-state index in [4.69, 9.17) is 4.99 Å². The number of amidine groups is 1. The number of hydrogen-bond acceptors (Lipinski definition) is 2. The molecule has 244 valence electrons. The average molecular weight is 655 g/mol. The molecule has 0 atom stereocenters. The lowest BCUT2D eigenvalue weighted by Gasteiger charge is -2.22. The molecular formula is C49H38N2. The quantitative estimate of drug-likeness (QED) is 0.201. The molecule has 0 radical (unpaired) electrons. The predicted octanol–water partition coefficient (Wildman–Crippen LogP) is 12.8. The largest absolute Gasteiger partial charge is 0.339 e. The minimum atomic E-state index is -0.0502. The van der Waals surface area contributed by atoms with Crippen LogP contribution in [-0.4, -0.2) is 5.84 Å². The highest BCUT2D eigenvalue weighted by Crippen LogP contribution is 2.51. The summed E-state index contributed by atoms with van der Waals surface area (Å²) in [6.07, 6.45) is 0. The Labute approximate surface area is 300 Å². The van der Waals surface area contributed by atoms with Crippen molar-refractivity contribution in [2.24, 2.45) is 4.99 Å². The molecule has 51 heavy (non-hydrogen) atoms. The second-order valence-corrected chi connectivity index (χ2v) is 15.3. The molecule has 0 aromatic heterocycles. The SMILES string of the molecule is CC1(C)c2ccccc2-c2ccc(-c3ccc4c(c3)N=C(c3ccccc3)Nc3cc(-c5ccc6c(c5)C(C)(C)c5ccccc5-6)ccc3-4)cc21. The fourth-order valence-electron chi connectivity index (χ4n) is 8.87. The van der Waals surface area contributed by atoms with Crippen LogP contribution in [0.3, 0.4) is 0 Å². The Bertz CT molecular complexity index is 2600. The predicted molar refractivity (Wildman–Crippen MR) is 214 cm³/mol. The maximum Gasteiger partial charge on any atom is 0.138 e. The van der Waals surface area contributed by atoms with Gasteiger partial charge in [0.2, 0.25) is 0 Å². The van der Waals surface area contributed by atoms with E-state index >= 15 is 0 Å². The second kappa shape index (κ2) is 10.8. The van der Waals surface area contributed by atoms with Gasteiger partial charge in [-0.15, -0.1) is 0 Å². The molecule has 0 fully saturated rings. The topological polar surface area (TPSA) is 24.4 Å². The van der Waals surface area contributed by atoms with Crippen molar-refractivity contribution in [3.8, 4) is 55.6 Å². The lowest BCUT2D eigenvalue weighted by atomic mass is 9.81. The highest BCUT2D eigenvalue weighted by Gasteiger charge is 2.36. The van der Waals surface area contributed by atoms with Crippen molar-refractivity contribution in [1.29, 1.82) is 0 Å². The number of anilines is 1. The molecule has 1 N–H and O–H groups in total. The van der Waals surface area contributed by atoms with Gasteiger partial charge in [-0.1, -0.05) is 155 Å². The first kappa shape index (κ1) is 29.9. The first-order chi connectivity index (χ1) is 24.8. The van der Waals surface area contributed by atoms with Crippen LogP contribution in [0.2, 0.25) is 0 Å². The first-order valence-corrected chi connectivity index (χ1v) is 18.0. The normalized spacial score (nSPS) is 15.3. The number of fused-ring (bicyclic) bond motifs is 9. The second-order valence-electron chi connectivity index (χ2n) is 15.3. The molecule has 7 aromatic rings. The zero-order valence-electron chi connectivity index (χ0n) is 29.4.